The molecule has 0 heterocycles. The monoisotopic (exact) mass is 250 g/mol. The van der Waals surface area contributed by atoms with Crippen molar-refractivity contribution in [1.82, 2.24) is 0 Å². The molecule has 0 atom stereocenters. The number of hydrogen-bond donors (Lipinski definition) is 0. The van der Waals surface area contributed by atoms with E-state index in [0.29, 0.717) is 25.8 Å². The van der Waals surface area contributed by atoms with E-state index in [0.717, 1.165) is 0 Å². The zero-order valence-electron chi connectivity index (χ0n) is 2.05. The summed E-state index contributed by atoms with van der Waals surface area (Å²) in [5, 5.41) is 0. The molecule has 0 unspecified atom stereocenters. The Balaban J connectivity index is 3.11. The van der Waals surface area contributed by atoms with Crippen LogP contribution < -0.4 is 0 Å². The minimum atomic E-state index is 0.690. The van der Waals surface area contributed by atoms with E-state index in [2.05, 4.69) is 4.79 Å². The van der Waals surface area contributed by atoms with Gasteiger partial charge in [0.1, 0.15) is 0 Å². The third kappa shape index (κ3) is 2.30. The molecule has 0 rings (SSSR count). The van der Waals surface area contributed by atoms with Crippen LogP contribution >= 0.6 is 0 Å². The van der Waals surface area contributed by atoms with Crippen molar-refractivity contribution >= 4 is 29.5 Å². The molecule has 0 aromatic heterocycles. The van der Waals surface area contributed by atoms with Crippen LogP contribution in [-0.2, 0) is 0 Å². The maximum atomic E-state index is 7.49. The third-order valence-electron chi connectivity index (χ3n) is 0.0667. The van der Waals surface area contributed by atoms with Crippen LogP contribution in [0.3, 0.4) is 0 Å². The van der Waals surface area contributed by atoms with Crippen molar-refractivity contribution in [3.63, 3.8) is 0 Å². The Hall–Kier alpha value is 0.302. The molecule has 0 aliphatic rings. The van der Waals surface area contributed by atoms with Crippen molar-refractivity contribution in [3.05, 3.63) is 5.53 Å². The Morgan fingerprint density at radius 3 is 2.25 bits per heavy atom. The zero-order valence-corrected chi connectivity index (χ0v) is 6.54. The summed E-state index contributed by atoms with van der Waals surface area (Å²) in [5.74, 6) is 0. The van der Waals surface area contributed by atoms with Gasteiger partial charge in [-0.3, -0.25) is 0 Å². The van der Waals surface area contributed by atoms with Crippen molar-refractivity contribution in [3.8, 4) is 0 Å². The van der Waals surface area contributed by atoms with Crippen molar-refractivity contribution in [1.29, 1.82) is 0 Å². The van der Waals surface area contributed by atoms with E-state index in [4.69, 9.17) is 5.53 Å². The van der Waals surface area contributed by atoms with Crippen molar-refractivity contribution in [2.75, 3.05) is 0 Å². The molecule has 0 aliphatic heterocycles. The fraction of sp³-hybridized carbons (Fsp3) is 0. The van der Waals surface area contributed by atoms with Gasteiger partial charge in [0.15, 0.2) is 0 Å². The molecule has 0 amide bonds. The molecule has 0 aliphatic carbocycles. The Morgan fingerprint density at radius 2 is 2.25 bits per heavy atom. The van der Waals surface area contributed by atoms with Gasteiger partial charge >= 0.3 is 39.9 Å². The van der Waals surface area contributed by atoms with Gasteiger partial charge in [-0.05, 0) is 0 Å². The van der Waals surface area contributed by atoms with Gasteiger partial charge in [-0.25, -0.2) is 0 Å². The molecule has 0 fully saturated rings. The van der Waals surface area contributed by atoms with Crippen LogP contribution in [0.4, 0.5) is 0 Å². The first-order chi connectivity index (χ1) is 1.91. The normalized spacial score (nSPS) is 4.25. The minimum absolute atomic E-state index is 0.690. The summed E-state index contributed by atoms with van der Waals surface area (Å²) in [6, 6.07) is 0. The summed E-state index contributed by atoms with van der Waals surface area (Å²) in [6.07, 6.45) is 0. The van der Waals surface area contributed by atoms with Gasteiger partial charge in [0.2, 0.25) is 0 Å². The fourth-order valence-electron chi connectivity index (χ4n) is 0. The summed E-state index contributed by atoms with van der Waals surface area (Å²) < 4.78 is 1.47. The summed E-state index contributed by atoms with van der Waals surface area (Å²) in [4.78, 5) is 2.69. The van der Waals surface area contributed by atoms with Crippen molar-refractivity contribution in [2.45, 2.75) is 0 Å². The average Bonchev–Trinajstić information content (AvgIpc) is 1.37. The van der Waals surface area contributed by atoms with Crippen LogP contribution in [0.1, 0.15) is 0 Å². The molecule has 0 N–H and O–H groups in total. The molecular formula is CH2N2Pb. The van der Waals surface area contributed by atoms with Gasteiger partial charge in [-0.15, -0.1) is 0 Å². The van der Waals surface area contributed by atoms with E-state index in [9.17, 15) is 0 Å². The second-order valence-electron chi connectivity index (χ2n) is 0.265. The fourth-order valence-corrected chi connectivity index (χ4v) is 0. The Labute approximate surface area is 40.1 Å². The first-order valence-corrected chi connectivity index (χ1v) is 3.38. The topological polar surface area (TPSA) is 36.4 Å². The van der Waals surface area contributed by atoms with Gasteiger partial charge in [-0.1, -0.05) is 0 Å². The van der Waals surface area contributed by atoms with Gasteiger partial charge in [0, 0.05) is 0 Å². The van der Waals surface area contributed by atoms with E-state index < -0.39 is 0 Å². The van der Waals surface area contributed by atoms with Crippen LogP contribution in [0, 0.1) is 0 Å². The predicted molar refractivity (Wildman–Crippen MR) is 16.8 cm³/mol. The van der Waals surface area contributed by atoms with Crippen molar-refractivity contribution < 1.29 is 4.79 Å². The van der Waals surface area contributed by atoms with E-state index in [1.54, 1.807) is 0 Å². The molecule has 2 radical (unpaired) electrons. The molecule has 3 heteroatoms. The Bertz CT molecular complexity index is 44.0. The summed E-state index contributed by atoms with van der Waals surface area (Å²) in [7, 11) is 0. The molecule has 0 bridgehead atoms. The van der Waals surface area contributed by atoms with Crippen LogP contribution in [0.5, 0.6) is 0 Å². The molecule has 0 aromatic carbocycles. The number of nitrogens with zero attached hydrogens (tertiary/aromatic N) is 2. The van der Waals surface area contributed by atoms with Crippen LogP contribution in [0.2, 0.25) is 0 Å². The van der Waals surface area contributed by atoms with E-state index >= 15 is 0 Å². The second kappa shape index (κ2) is 3.30. The van der Waals surface area contributed by atoms with E-state index in [1.165, 1.54) is 3.77 Å². The standard InChI is InChI=1S/CHN2.Pb.H/c1-3-2;;/h1H;;. The van der Waals surface area contributed by atoms with E-state index in [1.807, 2.05) is 0 Å². The molecule has 0 spiro atoms. The van der Waals surface area contributed by atoms with Crippen LogP contribution in [-0.4, -0.2) is 34.3 Å². The zero-order chi connectivity index (χ0) is 3.41. The van der Waals surface area contributed by atoms with E-state index in [-0.39, 0.29) is 0 Å². The van der Waals surface area contributed by atoms with Gasteiger partial charge < -0.3 is 0 Å². The SMILES string of the molecule is [N-]=[N+]=[CH][PbH]. The third-order valence-corrected chi connectivity index (χ3v) is 0.585. The number of hydrogen-bond acceptors (Lipinski definition) is 0. The molecule has 2 nitrogen and oxygen atoms in total. The first kappa shape index (κ1) is 4.30. The number of rotatable bonds is 0. The molecule has 0 aromatic rings. The first-order valence-electron chi connectivity index (χ1n) is 0.792. The second-order valence-corrected chi connectivity index (χ2v) is 1.42. The summed E-state index contributed by atoms with van der Waals surface area (Å²) in [6.45, 7) is 0. The van der Waals surface area contributed by atoms with Gasteiger partial charge in [-0.2, -0.15) is 0 Å². The predicted octanol–water partition coefficient (Wildman–Crippen LogP) is -0.855. The molecule has 4 heavy (non-hydrogen) atoms. The molecule has 20 valence electrons. The summed E-state index contributed by atoms with van der Waals surface area (Å²) >= 11 is 0.690. The van der Waals surface area contributed by atoms with Crippen LogP contribution in [0.25, 0.3) is 5.53 Å². The Kier molecular flexibility index (Phi) is 3.55. The quantitative estimate of drug-likeness (QED) is 0.232. The van der Waals surface area contributed by atoms with Crippen molar-refractivity contribution in [2.24, 2.45) is 0 Å². The Morgan fingerprint density at radius 1 is 2.00 bits per heavy atom. The molecular weight excluding hydrogens is 247 g/mol. The van der Waals surface area contributed by atoms with Gasteiger partial charge in [0.25, 0.3) is 0 Å². The molecule has 0 saturated heterocycles. The van der Waals surface area contributed by atoms with Crippen LogP contribution in [0.15, 0.2) is 0 Å². The molecule has 0 saturated carbocycles. The average molecular weight is 249 g/mol. The summed E-state index contributed by atoms with van der Waals surface area (Å²) in [5.41, 5.74) is 7.49. The van der Waals surface area contributed by atoms with Gasteiger partial charge in [0.05, 0.1) is 0 Å². The maximum absolute atomic E-state index is 7.49.